The van der Waals surface area contributed by atoms with E-state index in [0.717, 1.165) is 19.3 Å². The zero-order valence-electron chi connectivity index (χ0n) is 15.1. The predicted octanol–water partition coefficient (Wildman–Crippen LogP) is 3.10. The van der Waals surface area contributed by atoms with E-state index in [2.05, 4.69) is 11.4 Å². The molecule has 0 heterocycles. The molecule has 0 aromatic heterocycles. The summed E-state index contributed by atoms with van der Waals surface area (Å²) in [4.78, 5) is 40.0. The zero-order chi connectivity index (χ0) is 19.1. The monoisotopic (exact) mass is 382 g/mol. The summed E-state index contributed by atoms with van der Waals surface area (Å²) < 4.78 is 24.8. The highest BCUT2D eigenvalue weighted by Gasteiger charge is 2.22. The first-order chi connectivity index (χ1) is 11.7. The van der Waals surface area contributed by atoms with Gasteiger partial charge < -0.3 is 19.3 Å². The molecular formula is C16H31O8P. The van der Waals surface area contributed by atoms with Crippen LogP contribution in [0, 0.1) is 0 Å². The van der Waals surface area contributed by atoms with Crippen LogP contribution in [-0.4, -0.2) is 41.0 Å². The molecule has 0 bridgehead atoms. The lowest BCUT2D eigenvalue weighted by atomic mass is 10.1. The van der Waals surface area contributed by atoms with Crippen LogP contribution < -0.4 is 0 Å². The molecule has 0 amide bonds. The summed E-state index contributed by atoms with van der Waals surface area (Å²) in [6.45, 7) is 2.51. The molecule has 0 aromatic carbocycles. The van der Waals surface area contributed by atoms with Crippen LogP contribution in [0.5, 0.6) is 0 Å². The lowest BCUT2D eigenvalue weighted by molar-refractivity contribution is -0.160. The molecule has 1 unspecified atom stereocenters. The Kier molecular flexibility index (Phi) is 13.7. The minimum atomic E-state index is -4.68. The van der Waals surface area contributed by atoms with E-state index in [-0.39, 0.29) is 13.0 Å². The average Bonchev–Trinajstić information content (AvgIpc) is 2.51. The van der Waals surface area contributed by atoms with Gasteiger partial charge in [-0.15, -0.1) is 0 Å². The van der Waals surface area contributed by atoms with Crippen molar-refractivity contribution in [2.45, 2.75) is 77.7 Å². The van der Waals surface area contributed by atoms with Crippen LogP contribution in [0.4, 0.5) is 0 Å². The van der Waals surface area contributed by atoms with Crippen LogP contribution in [0.15, 0.2) is 0 Å². The van der Waals surface area contributed by atoms with Gasteiger partial charge in [0, 0.05) is 13.3 Å². The van der Waals surface area contributed by atoms with Crippen molar-refractivity contribution < 1.29 is 37.9 Å². The van der Waals surface area contributed by atoms with E-state index in [4.69, 9.17) is 19.3 Å². The van der Waals surface area contributed by atoms with Crippen molar-refractivity contribution in [3.05, 3.63) is 0 Å². The normalized spacial score (nSPS) is 12.6. The summed E-state index contributed by atoms with van der Waals surface area (Å²) in [5, 5.41) is 0. The van der Waals surface area contributed by atoms with Crippen LogP contribution in [0.3, 0.4) is 0 Å². The second-order valence-electron chi connectivity index (χ2n) is 5.93. The highest BCUT2D eigenvalue weighted by Crippen LogP contribution is 2.35. The van der Waals surface area contributed by atoms with E-state index < -0.39 is 32.5 Å². The van der Waals surface area contributed by atoms with Crippen LogP contribution >= 0.6 is 7.82 Å². The first-order valence-electron chi connectivity index (χ1n) is 8.77. The van der Waals surface area contributed by atoms with Gasteiger partial charge >= 0.3 is 19.8 Å². The fourth-order valence-electron chi connectivity index (χ4n) is 2.15. The standard InChI is InChI=1S/C16H31O8P/c1-3-4-5-6-7-8-9-10-11-16(18)24-15(12-22-14(2)17)13-23-25(19,20)21/h15H,3-13H2,1-2H3,(H2,19,20,21). The summed E-state index contributed by atoms with van der Waals surface area (Å²) in [5.41, 5.74) is 0. The molecule has 8 nitrogen and oxygen atoms in total. The number of carbonyl (C=O) groups is 2. The number of unbranched alkanes of at least 4 members (excludes halogenated alkanes) is 7. The van der Waals surface area contributed by atoms with Crippen LogP contribution in [0.1, 0.15) is 71.6 Å². The molecule has 0 spiro atoms. The largest absolute Gasteiger partial charge is 0.469 e. The van der Waals surface area contributed by atoms with Crippen LogP contribution in [-0.2, 0) is 28.2 Å². The average molecular weight is 382 g/mol. The lowest BCUT2D eigenvalue weighted by Gasteiger charge is -2.18. The van der Waals surface area contributed by atoms with Crippen molar-refractivity contribution in [2.24, 2.45) is 0 Å². The van der Waals surface area contributed by atoms with Gasteiger partial charge in [0.2, 0.25) is 0 Å². The molecule has 148 valence electrons. The Labute approximate surface area is 149 Å². The van der Waals surface area contributed by atoms with Gasteiger partial charge in [0.25, 0.3) is 0 Å². The summed E-state index contributed by atoms with van der Waals surface area (Å²) in [7, 11) is -4.68. The third-order valence-corrected chi connectivity index (χ3v) is 3.92. The van der Waals surface area contributed by atoms with E-state index in [1.165, 1.54) is 32.6 Å². The van der Waals surface area contributed by atoms with Gasteiger partial charge in [-0.3, -0.25) is 14.1 Å². The van der Waals surface area contributed by atoms with Gasteiger partial charge in [0.1, 0.15) is 6.61 Å². The number of carbonyl (C=O) groups excluding carboxylic acids is 2. The molecule has 9 heteroatoms. The van der Waals surface area contributed by atoms with Gasteiger partial charge in [-0.05, 0) is 6.42 Å². The first-order valence-corrected chi connectivity index (χ1v) is 10.3. The zero-order valence-corrected chi connectivity index (χ0v) is 16.0. The molecule has 0 aliphatic rings. The van der Waals surface area contributed by atoms with Gasteiger partial charge in [0.15, 0.2) is 6.10 Å². The molecule has 0 radical (unpaired) electrons. The molecule has 0 saturated heterocycles. The van der Waals surface area contributed by atoms with Crippen LogP contribution in [0.25, 0.3) is 0 Å². The van der Waals surface area contributed by atoms with Crippen LogP contribution in [0.2, 0.25) is 0 Å². The van der Waals surface area contributed by atoms with Gasteiger partial charge in [-0.2, -0.15) is 0 Å². The first kappa shape index (κ1) is 24.1. The SMILES string of the molecule is CCCCCCCCCCC(=O)OC(COC(C)=O)COP(=O)(O)O. The molecule has 0 fully saturated rings. The third-order valence-electron chi connectivity index (χ3n) is 3.43. The van der Waals surface area contributed by atoms with E-state index >= 15 is 0 Å². The molecule has 0 aromatic rings. The topological polar surface area (TPSA) is 119 Å². The third kappa shape index (κ3) is 17.7. The Morgan fingerprint density at radius 1 is 0.960 bits per heavy atom. The number of phosphoric ester groups is 1. The van der Waals surface area contributed by atoms with Crippen molar-refractivity contribution in [3.8, 4) is 0 Å². The van der Waals surface area contributed by atoms with Gasteiger partial charge in [-0.1, -0.05) is 51.9 Å². The molecule has 2 N–H and O–H groups in total. The Morgan fingerprint density at radius 3 is 2.04 bits per heavy atom. The molecule has 25 heavy (non-hydrogen) atoms. The quantitative estimate of drug-likeness (QED) is 0.252. The van der Waals surface area contributed by atoms with Crippen molar-refractivity contribution in [1.82, 2.24) is 0 Å². The number of phosphoric acid groups is 1. The van der Waals surface area contributed by atoms with E-state index in [1.54, 1.807) is 0 Å². The lowest BCUT2D eigenvalue weighted by Crippen LogP contribution is -2.29. The van der Waals surface area contributed by atoms with Crippen molar-refractivity contribution >= 4 is 19.8 Å². The Morgan fingerprint density at radius 2 is 1.52 bits per heavy atom. The molecule has 0 rings (SSSR count). The second kappa shape index (κ2) is 14.2. The highest BCUT2D eigenvalue weighted by atomic mass is 31.2. The van der Waals surface area contributed by atoms with Crippen molar-refractivity contribution in [3.63, 3.8) is 0 Å². The minimum Gasteiger partial charge on any atom is -0.462 e. The summed E-state index contributed by atoms with van der Waals surface area (Å²) in [6, 6.07) is 0. The Bertz CT molecular complexity index is 420. The fraction of sp³-hybridized carbons (Fsp3) is 0.875. The van der Waals surface area contributed by atoms with E-state index in [1.807, 2.05) is 0 Å². The predicted molar refractivity (Wildman–Crippen MR) is 91.7 cm³/mol. The Hall–Kier alpha value is -0.950. The summed E-state index contributed by atoms with van der Waals surface area (Å²) >= 11 is 0. The molecule has 0 saturated carbocycles. The number of hydrogen-bond donors (Lipinski definition) is 2. The van der Waals surface area contributed by atoms with Gasteiger partial charge in [-0.25, -0.2) is 4.57 Å². The minimum absolute atomic E-state index is 0.210. The summed E-state index contributed by atoms with van der Waals surface area (Å²) in [5.74, 6) is -1.09. The van der Waals surface area contributed by atoms with E-state index in [0.29, 0.717) is 6.42 Å². The molecule has 0 aliphatic carbocycles. The van der Waals surface area contributed by atoms with Crippen molar-refractivity contribution in [2.75, 3.05) is 13.2 Å². The maximum absolute atomic E-state index is 11.8. The number of esters is 2. The molecular weight excluding hydrogens is 351 g/mol. The van der Waals surface area contributed by atoms with Crippen molar-refractivity contribution in [1.29, 1.82) is 0 Å². The molecule has 0 aliphatic heterocycles. The number of ether oxygens (including phenoxy) is 2. The maximum atomic E-state index is 11.8. The highest BCUT2D eigenvalue weighted by molar-refractivity contribution is 7.46. The second-order valence-corrected chi connectivity index (χ2v) is 7.17. The smallest absolute Gasteiger partial charge is 0.462 e. The fourth-order valence-corrected chi connectivity index (χ4v) is 2.52. The number of rotatable bonds is 15. The Balaban J connectivity index is 3.98. The van der Waals surface area contributed by atoms with Gasteiger partial charge in [0.05, 0.1) is 6.61 Å². The number of hydrogen-bond acceptors (Lipinski definition) is 6. The summed E-state index contributed by atoms with van der Waals surface area (Å²) in [6.07, 6.45) is 7.92. The molecule has 1 atom stereocenters. The van der Waals surface area contributed by atoms with E-state index in [9.17, 15) is 14.2 Å². The maximum Gasteiger partial charge on any atom is 0.469 e.